The molecule has 1 aromatic carbocycles. The summed E-state index contributed by atoms with van der Waals surface area (Å²) < 4.78 is 0. The minimum absolute atomic E-state index is 0.130. The van der Waals surface area contributed by atoms with E-state index in [9.17, 15) is 4.79 Å². The van der Waals surface area contributed by atoms with Crippen LogP contribution in [-0.4, -0.2) is 10.8 Å². The maximum Gasteiger partial charge on any atom is 0.169 e. The molecule has 2 rings (SSSR count). The van der Waals surface area contributed by atoms with Gasteiger partial charge in [0.05, 0.1) is 6.42 Å². The van der Waals surface area contributed by atoms with Crippen molar-refractivity contribution in [1.29, 1.82) is 0 Å². The summed E-state index contributed by atoms with van der Waals surface area (Å²) in [5.41, 5.74) is 3.76. The number of hydrogen-bond acceptors (Lipinski definition) is 2. The van der Waals surface area contributed by atoms with Gasteiger partial charge in [-0.1, -0.05) is 23.8 Å². The molecule has 0 aliphatic heterocycles. The van der Waals surface area contributed by atoms with Crippen molar-refractivity contribution in [3.63, 3.8) is 0 Å². The Bertz CT molecular complexity index is 532. The average Bonchev–Trinajstić information content (AvgIpc) is 2.33. The molecule has 0 aliphatic rings. The number of hydrogen-bond donors (Lipinski definition) is 0. The van der Waals surface area contributed by atoms with Crippen LogP contribution in [0.1, 0.15) is 27.2 Å². The quantitative estimate of drug-likeness (QED) is 0.751. The van der Waals surface area contributed by atoms with E-state index in [0.717, 1.165) is 22.4 Å². The first kappa shape index (κ1) is 11.5. The highest BCUT2D eigenvalue weighted by atomic mass is 16.1. The Morgan fingerprint density at radius 3 is 2.71 bits per heavy atom. The molecule has 0 saturated heterocycles. The predicted molar refractivity (Wildman–Crippen MR) is 68.2 cm³/mol. The van der Waals surface area contributed by atoms with Gasteiger partial charge in [0, 0.05) is 17.5 Å². The number of pyridine rings is 1. The van der Waals surface area contributed by atoms with E-state index in [1.165, 1.54) is 0 Å². The van der Waals surface area contributed by atoms with Gasteiger partial charge in [0.1, 0.15) is 0 Å². The Morgan fingerprint density at radius 1 is 1.18 bits per heavy atom. The minimum Gasteiger partial charge on any atom is -0.294 e. The second-order valence-corrected chi connectivity index (χ2v) is 4.24. The summed E-state index contributed by atoms with van der Waals surface area (Å²) >= 11 is 0. The molecule has 0 atom stereocenters. The number of Topliss-reactive ketones (excluding diaryl/α,β-unsaturated/α-hetero) is 1. The number of nitrogens with zero attached hydrogens (tertiary/aromatic N) is 1. The van der Waals surface area contributed by atoms with E-state index in [0.29, 0.717) is 6.42 Å². The molecule has 2 heteroatoms. The maximum absolute atomic E-state index is 12.1. The van der Waals surface area contributed by atoms with Gasteiger partial charge in [-0.25, -0.2) is 0 Å². The lowest BCUT2D eigenvalue weighted by Gasteiger charge is -2.05. The van der Waals surface area contributed by atoms with Crippen molar-refractivity contribution in [2.75, 3.05) is 0 Å². The van der Waals surface area contributed by atoms with Crippen LogP contribution in [0.4, 0.5) is 0 Å². The maximum atomic E-state index is 12.1. The fourth-order valence-electron chi connectivity index (χ4n) is 1.80. The Balaban J connectivity index is 2.23. The molecule has 86 valence electrons. The van der Waals surface area contributed by atoms with E-state index in [4.69, 9.17) is 0 Å². The van der Waals surface area contributed by atoms with Crippen molar-refractivity contribution in [2.45, 2.75) is 20.3 Å². The normalized spacial score (nSPS) is 10.2. The van der Waals surface area contributed by atoms with Gasteiger partial charge in [-0.05, 0) is 37.6 Å². The van der Waals surface area contributed by atoms with Gasteiger partial charge >= 0.3 is 0 Å². The van der Waals surface area contributed by atoms with Crippen molar-refractivity contribution in [2.24, 2.45) is 0 Å². The molecule has 1 heterocycles. The largest absolute Gasteiger partial charge is 0.294 e. The molecule has 0 amide bonds. The molecule has 0 fully saturated rings. The van der Waals surface area contributed by atoms with E-state index in [1.807, 2.05) is 50.2 Å². The molecule has 0 bridgehead atoms. The molecule has 0 saturated carbocycles. The molecule has 0 aliphatic carbocycles. The number of carbonyl (C=O) groups excluding carboxylic acids is 1. The SMILES string of the molecule is Cc1ccc(C)c(C(=O)Cc2ccccn2)c1. The molecule has 0 unspecified atom stereocenters. The van der Waals surface area contributed by atoms with Crippen molar-refractivity contribution in [1.82, 2.24) is 4.98 Å². The van der Waals surface area contributed by atoms with E-state index in [-0.39, 0.29) is 5.78 Å². The van der Waals surface area contributed by atoms with E-state index < -0.39 is 0 Å². The second kappa shape index (κ2) is 4.91. The van der Waals surface area contributed by atoms with Crippen LogP contribution < -0.4 is 0 Å². The molecule has 0 spiro atoms. The highest BCUT2D eigenvalue weighted by Gasteiger charge is 2.10. The molecule has 17 heavy (non-hydrogen) atoms. The lowest BCUT2D eigenvalue weighted by Crippen LogP contribution is -2.07. The number of carbonyl (C=O) groups is 1. The van der Waals surface area contributed by atoms with Crippen LogP contribution >= 0.6 is 0 Å². The molecular weight excluding hydrogens is 210 g/mol. The monoisotopic (exact) mass is 225 g/mol. The highest BCUT2D eigenvalue weighted by molar-refractivity contribution is 5.98. The van der Waals surface area contributed by atoms with Crippen LogP contribution in [-0.2, 0) is 6.42 Å². The summed E-state index contributed by atoms with van der Waals surface area (Å²) in [6, 6.07) is 11.6. The number of aromatic nitrogens is 1. The smallest absolute Gasteiger partial charge is 0.169 e. The number of rotatable bonds is 3. The second-order valence-electron chi connectivity index (χ2n) is 4.24. The van der Waals surface area contributed by atoms with Crippen LogP contribution in [0.2, 0.25) is 0 Å². The fraction of sp³-hybridized carbons (Fsp3) is 0.200. The van der Waals surface area contributed by atoms with Gasteiger partial charge < -0.3 is 0 Å². The predicted octanol–water partition coefficient (Wildman–Crippen LogP) is 3.12. The molecule has 2 aromatic rings. The summed E-state index contributed by atoms with van der Waals surface area (Å²) in [5.74, 6) is 0.130. The Labute approximate surface area is 101 Å². The summed E-state index contributed by atoms with van der Waals surface area (Å²) in [7, 11) is 0. The van der Waals surface area contributed by atoms with E-state index in [1.54, 1.807) is 6.20 Å². The van der Waals surface area contributed by atoms with Crippen LogP contribution in [0.15, 0.2) is 42.6 Å². The van der Waals surface area contributed by atoms with Crippen molar-refractivity contribution in [3.8, 4) is 0 Å². The zero-order chi connectivity index (χ0) is 12.3. The van der Waals surface area contributed by atoms with Gasteiger partial charge in [-0.15, -0.1) is 0 Å². The first-order valence-electron chi connectivity index (χ1n) is 5.67. The van der Waals surface area contributed by atoms with Crippen LogP contribution in [0.3, 0.4) is 0 Å². The van der Waals surface area contributed by atoms with Gasteiger partial charge in [-0.2, -0.15) is 0 Å². The Morgan fingerprint density at radius 2 is 2.00 bits per heavy atom. The average molecular weight is 225 g/mol. The van der Waals surface area contributed by atoms with Crippen LogP contribution in [0.5, 0.6) is 0 Å². The van der Waals surface area contributed by atoms with Crippen molar-refractivity contribution < 1.29 is 4.79 Å². The van der Waals surface area contributed by atoms with Gasteiger partial charge in [0.15, 0.2) is 5.78 Å². The van der Waals surface area contributed by atoms with Crippen molar-refractivity contribution in [3.05, 3.63) is 65.0 Å². The van der Waals surface area contributed by atoms with Crippen LogP contribution in [0.25, 0.3) is 0 Å². The topological polar surface area (TPSA) is 30.0 Å². The van der Waals surface area contributed by atoms with Crippen LogP contribution in [0, 0.1) is 13.8 Å². The van der Waals surface area contributed by atoms with Gasteiger partial charge in [-0.3, -0.25) is 9.78 Å². The van der Waals surface area contributed by atoms with Gasteiger partial charge in [0.2, 0.25) is 0 Å². The zero-order valence-corrected chi connectivity index (χ0v) is 10.1. The van der Waals surface area contributed by atoms with E-state index >= 15 is 0 Å². The summed E-state index contributed by atoms with van der Waals surface area (Å²) in [6.45, 7) is 3.96. The standard InChI is InChI=1S/C15H15NO/c1-11-6-7-12(2)14(9-11)15(17)10-13-5-3-4-8-16-13/h3-9H,10H2,1-2H3. The highest BCUT2D eigenvalue weighted by Crippen LogP contribution is 2.13. The number of aryl methyl sites for hydroxylation is 2. The summed E-state index contributed by atoms with van der Waals surface area (Å²) in [5, 5.41) is 0. The molecule has 2 nitrogen and oxygen atoms in total. The van der Waals surface area contributed by atoms with Crippen molar-refractivity contribution >= 4 is 5.78 Å². The fourth-order valence-corrected chi connectivity index (χ4v) is 1.80. The third-order valence-corrected chi connectivity index (χ3v) is 2.76. The van der Waals surface area contributed by atoms with Gasteiger partial charge in [0.25, 0.3) is 0 Å². The Hall–Kier alpha value is -1.96. The Kier molecular flexibility index (Phi) is 3.33. The first-order chi connectivity index (χ1) is 8.16. The first-order valence-corrected chi connectivity index (χ1v) is 5.67. The molecule has 1 aromatic heterocycles. The zero-order valence-electron chi connectivity index (χ0n) is 10.1. The summed E-state index contributed by atoms with van der Waals surface area (Å²) in [4.78, 5) is 16.3. The number of ketones is 1. The van der Waals surface area contributed by atoms with E-state index in [2.05, 4.69) is 4.98 Å². The molecule has 0 N–H and O–H groups in total. The molecular formula is C15H15NO. The lowest BCUT2D eigenvalue weighted by atomic mass is 9.99. The summed E-state index contributed by atoms with van der Waals surface area (Å²) in [6.07, 6.45) is 2.08. The lowest BCUT2D eigenvalue weighted by molar-refractivity contribution is 0.0991. The third-order valence-electron chi connectivity index (χ3n) is 2.76. The number of benzene rings is 1. The third kappa shape index (κ3) is 2.78. The molecule has 0 radical (unpaired) electrons. The minimum atomic E-state index is 0.130.